The van der Waals surface area contributed by atoms with Gasteiger partial charge in [0.25, 0.3) is 0 Å². The Labute approximate surface area is 133 Å². The largest absolute Gasteiger partial charge is 0.369 e. The van der Waals surface area contributed by atoms with E-state index in [1.165, 1.54) is 0 Å². The number of halogens is 2. The fraction of sp³-hybridized carbons (Fsp3) is 0.429. The maximum Gasteiger partial charge on any atom is 0.224 e. The molecule has 5 nitrogen and oxygen atoms in total. The molecule has 1 amide bonds. The van der Waals surface area contributed by atoms with Gasteiger partial charge >= 0.3 is 0 Å². The van der Waals surface area contributed by atoms with Crippen molar-refractivity contribution in [3.05, 3.63) is 22.2 Å². The molecule has 0 aliphatic rings. The molecule has 0 aliphatic heterocycles. The van der Waals surface area contributed by atoms with Crippen molar-refractivity contribution in [2.24, 2.45) is 0 Å². The van der Waals surface area contributed by atoms with Gasteiger partial charge in [0.2, 0.25) is 11.9 Å². The number of nitrogens with two attached hydrogens (primary N) is 1. The highest BCUT2D eigenvalue weighted by molar-refractivity contribution is 6.42. The highest BCUT2D eigenvalue weighted by atomic mass is 35.5. The summed E-state index contributed by atoms with van der Waals surface area (Å²) >= 11 is 12.0. The first-order valence-corrected chi connectivity index (χ1v) is 7.62. The van der Waals surface area contributed by atoms with Gasteiger partial charge in [0.15, 0.2) is 0 Å². The molecule has 0 saturated carbocycles. The van der Waals surface area contributed by atoms with Crippen molar-refractivity contribution in [1.29, 1.82) is 0 Å². The van der Waals surface area contributed by atoms with Crippen molar-refractivity contribution < 1.29 is 4.79 Å². The van der Waals surface area contributed by atoms with Gasteiger partial charge < -0.3 is 15.2 Å². The third-order valence-electron chi connectivity index (χ3n) is 3.49. The summed E-state index contributed by atoms with van der Waals surface area (Å²) in [6, 6.07) is 3.41. The monoisotopic (exact) mass is 328 g/mol. The highest BCUT2D eigenvalue weighted by Crippen LogP contribution is 2.29. The second kappa shape index (κ2) is 6.54. The number of carbonyl (C=O) groups excluding carboxylic acids is 1. The normalized spacial score (nSPS) is 11.0. The Bertz CT molecular complexity index is 665. The Hall–Kier alpha value is -1.46. The van der Waals surface area contributed by atoms with E-state index in [1.54, 1.807) is 21.6 Å². The van der Waals surface area contributed by atoms with Crippen LogP contribution in [0.15, 0.2) is 12.1 Å². The van der Waals surface area contributed by atoms with E-state index < -0.39 is 0 Å². The van der Waals surface area contributed by atoms with Crippen LogP contribution in [0.2, 0.25) is 10.0 Å². The summed E-state index contributed by atoms with van der Waals surface area (Å²) < 4.78 is 1.79. The molecule has 2 N–H and O–H groups in total. The van der Waals surface area contributed by atoms with Crippen molar-refractivity contribution in [3.63, 3.8) is 0 Å². The fourth-order valence-corrected chi connectivity index (χ4v) is 2.63. The molecule has 114 valence electrons. The minimum atomic E-state index is 0.0984. The van der Waals surface area contributed by atoms with E-state index in [1.807, 2.05) is 13.8 Å². The fourth-order valence-electron chi connectivity index (χ4n) is 2.32. The van der Waals surface area contributed by atoms with Crippen LogP contribution in [0.4, 0.5) is 5.95 Å². The average molecular weight is 329 g/mol. The molecule has 1 heterocycles. The number of anilines is 1. The van der Waals surface area contributed by atoms with Crippen LogP contribution < -0.4 is 5.73 Å². The maximum atomic E-state index is 12.1. The van der Waals surface area contributed by atoms with E-state index in [4.69, 9.17) is 28.9 Å². The Balaban J connectivity index is 2.24. The molecule has 0 saturated heterocycles. The highest BCUT2D eigenvalue weighted by Gasteiger charge is 2.14. The first-order valence-electron chi connectivity index (χ1n) is 6.86. The lowest BCUT2D eigenvalue weighted by atomic mass is 10.3. The number of hydrogen-bond acceptors (Lipinski definition) is 3. The summed E-state index contributed by atoms with van der Waals surface area (Å²) in [6.45, 7) is 5.80. The Morgan fingerprint density at radius 1 is 1.29 bits per heavy atom. The first kappa shape index (κ1) is 15.9. The van der Waals surface area contributed by atoms with Gasteiger partial charge in [-0.3, -0.25) is 4.79 Å². The van der Waals surface area contributed by atoms with Gasteiger partial charge in [0.1, 0.15) is 0 Å². The zero-order valence-electron chi connectivity index (χ0n) is 12.1. The van der Waals surface area contributed by atoms with Crippen LogP contribution in [0.1, 0.15) is 20.3 Å². The summed E-state index contributed by atoms with van der Waals surface area (Å²) in [5, 5.41) is 0.883. The quantitative estimate of drug-likeness (QED) is 0.916. The zero-order valence-corrected chi connectivity index (χ0v) is 13.6. The summed E-state index contributed by atoms with van der Waals surface area (Å²) in [5.41, 5.74) is 7.39. The van der Waals surface area contributed by atoms with Gasteiger partial charge in [-0.25, -0.2) is 4.98 Å². The standard InChI is InChI=1S/C14H18Cl2N4O/c1-3-19(4-2)13(21)5-6-20-12-8-10(16)9(15)7-11(12)18-14(20)17/h7-8H,3-6H2,1-2H3,(H2,17,18). The van der Waals surface area contributed by atoms with E-state index >= 15 is 0 Å². The number of aryl methyl sites for hydroxylation is 1. The van der Waals surface area contributed by atoms with Crippen molar-refractivity contribution >= 4 is 46.1 Å². The van der Waals surface area contributed by atoms with Crippen LogP contribution in [0.3, 0.4) is 0 Å². The molecule has 0 radical (unpaired) electrons. The zero-order chi connectivity index (χ0) is 15.6. The van der Waals surface area contributed by atoms with Gasteiger partial charge in [-0.2, -0.15) is 0 Å². The second-order valence-electron chi connectivity index (χ2n) is 4.69. The van der Waals surface area contributed by atoms with Crippen molar-refractivity contribution in [1.82, 2.24) is 14.5 Å². The van der Waals surface area contributed by atoms with Crippen LogP contribution in [-0.2, 0) is 11.3 Å². The predicted octanol–water partition coefficient (Wildman–Crippen LogP) is 3.18. The smallest absolute Gasteiger partial charge is 0.224 e. The number of rotatable bonds is 5. The van der Waals surface area contributed by atoms with Gasteiger partial charge in [-0.05, 0) is 26.0 Å². The third-order valence-corrected chi connectivity index (χ3v) is 4.21. The number of carbonyl (C=O) groups is 1. The lowest BCUT2D eigenvalue weighted by Gasteiger charge is -2.18. The molecule has 2 aromatic rings. The summed E-state index contributed by atoms with van der Waals surface area (Å²) in [7, 11) is 0. The lowest BCUT2D eigenvalue weighted by Crippen LogP contribution is -2.31. The number of hydrogen-bond donors (Lipinski definition) is 1. The maximum absolute atomic E-state index is 12.1. The molecule has 0 fully saturated rings. The molecule has 2 rings (SSSR count). The van der Waals surface area contributed by atoms with Crippen LogP contribution in [0.5, 0.6) is 0 Å². The number of nitrogen functional groups attached to an aromatic ring is 1. The minimum Gasteiger partial charge on any atom is -0.369 e. The van der Waals surface area contributed by atoms with Crippen LogP contribution in [0.25, 0.3) is 11.0 Å². The summed E-state index contributed by atoms with van der Waals surface area (Å²) in [6.07, 6.45) is 0.373. The Morgan fingerprint density at radius 2 is 1.90 bits per heavy atom. The van der Waals surface area contributed by atoms with E-state index in [0.717, 1.165) is 5.52 Å². The second-order valence-corrected chi connectivity index (χ2v) is 5.51. The number of fused-ring (bicyclic) bond motifs is 1. The lowest BCUT2D eigenvalue weighted by molar-refractivity contribution is -0.131. The molecule has 0 unspecified atom stereocenters. The Kier molecular flexibility index (Phi) is 4.96. The van der Waals surface area contributed by atoms with Gasteiger partial charge in [-0.1, -0.05) is 23.2 Å². The average Bonchev–Trinajstić information content (AvgIpc) is 2.73. The van der Waals surface area contributed by atoms with Crippen molar-refractivity contribution in [2.45, 2.75) is 26.8 Å². The summed E-state index contributed by atoms with van der Waals surface area (Å²) in [4.78, 5) is 18.1. The molecule has 7 heteroatoms. The molecule has 0 bridgehead atoms. The van der Waals surface area contributed by atoms with Gasteiger partial charge in [-0.15, -0.1) is 0 Å². The molecule has 0 atom stereocenters. The van der Waals surface area contributed by atoms with E-state index in [9.17, 15) is 4.79 Å². The molecule has 0 spiro atoms. The number of imidazole rings is 1. The Morgan fingerprint density at radius 3 is 2.52 bits per heavy atom. The molecular formula is C14H18Cl2N4O. The van der Waals surface area contributed by atoms with Crippen molar-refractivity contribution in [3.8, 4) is 0 Å². The molecule has 1 aromatic heterocycles. The number of aromatic nitrogens is 2. The van der Waals surface area contributed by atoms with E-state index in [2.05, 4.69) is 4.98 Å². The number of benzene rings is 1. The predicted molar refractivity (Wildman–Crippen MR) is 86.7 cm³/mol. The van der Waals surface area contributed by atoms with Crippen LogP contribution in [-0.4, -0.2) is 33.4 Å². The summed E-state index contributed by atoms with van der Waals surface area (Å²) in [5.74, 6) is 0.456. The third kappa shape index (κ3) is 3.24. The molecule has 1 aromatic carbocycles. The minimum absolute atomic E-state index is 0.0984. The molecular weight excluding hydrogens is 311 g/mol. The molecule has 0 aliphatic carbocycles. The number of nitrogens with zero attached hydrogens (tertiary/aromatic N) is 3. The SMILES string of the molecule is CCN(CC)C(=O)CCn1c(N)nc2cc(Cl)c(Cl)cc21. The first-order chi connectivity index (χ1) is 9.97. The number of amides is 1. The van der Waals surface area contributed by atoms with E-state index in [0.29, 0.717) is 47.6 Å². The van der Waals surface area contributed by atoms with E-state index in [-0.39, 0.29) is 5.91 Å². The molecule has 21 heavy (non-hydrogen) atoms. The van der Waals surface area contributed by atoms with Gasteiger partial charge in [0, 0.05) is 26.1 Å². The van der Waals surface area contributed by atoms with Gasteiger partial charge in [0.05, 0.1) is 21.1 Å². The van der Waals surface area contributed by atoms with Crippen molar-refractivity contribution in [2.75, 3.05) is 18.8 Å². The van der Waals surface area contributed by atoms with Crippen LogP contribution in [0, 0.1) is 0 Å². The van der Waals surface area contributed by atoms with Crippen LogP contribution >= 0.6 is 23.2 Å². The topological polar surface area (TPSA) is 64.2 Å².